The van der Waals surface area contributed by atoms with Gasteiger partial charge in [-0.2, -0.15) is 0 Å². The van der Waals surface area contributed by atoms with Crippen LogP contribution in [0.25, 0.3) is 0 Å². The number of nitrogens with zero attached hydrogens (tertiary/aromatic N) is 3. The third-order valence-corrected chi connectivity index (χ3v) is 5.33. The van der Waals surface area contributed by atoms with Crippen LogP contribution in [0.4, 0.5) is 0 Å². The van der Waals surface area contributed by atoms with E-state index in [1.54, 1.807) is 29.4 Å². The molecule has 31 heavy (non-hydrogen) atoms. The summed E-state index contributed by atoms with van der Waals surface area (Å²) in [6.07, 6.45) is 3.74. The van der Waals surface area contributed by atoms with E-state index in [1.807, 2.05) is 59.5 Å². The van der Waals surface area contributed by atoms with Gasteiger partial charge in [0, 0.05) is 44.1 Å². The molecule has 6 heteroatoms. The first-order valence-electron chi connectivity index (χ1n) is 10.4. The summed E-state index contributed by atoms with van der Waals surface area (Å²) in [6, 6.07) is 20.9. The fourth-order valence-corrected chi connectivity index (χ4v) is 3.59. The second-order valence-electron chi connectivity index (χ2n) is 7.51. The molecule has 0 N–H and O–H groups in total. The van der Waals surface area contributed by atoms with Gasteiger partial charge >= 0.3 is 0 Å². The third kappa shape index (κ3) is 5.48. The summed E-state index contributed by atoms with van der Waals surface area (Å²) < 4.78 is 5.85. The van der Waals surface area contributed by atoms with E-state index >= 15 is 0 Å². The number of amides is 2. The van der Waals surface area contributed by atoms with Crippen LogP contribution < -0.4 is 4.74 Å². The smallest absolute Gasteiger partial charge is 0.254 e. The van der Waals surface area contributed by atoms with Crippen LogP contribution >= 0.6 is 0 Å². The standard InChI is InChI=1S/C25H25N3O3/c29-24(16-21-8-5-11-26-18-21)27-12-14-28(15-13-27)25(30)22-9-4-10-23(17-22)31-19-20-6-2-1-3-7-20/h1-11,17-18H,12-16,19H2. The van der Waals surface area contributed by atoms with Gasteiger partial charge in [0.25, 0.3) is 5.91 Å². The molecule has 0 bridgehead atoms. The van der Waals surface area contributed by atoms with E-state index in [1.165, 1.54) is 0 Å². The Bertz CT molecular complexity index is 1020. The predicted octanol–water partition coefficient (Wildman–Crippen LogP) is 3.19. The molecule has 4 rings (SSSR count). The maximum atomic E-state index is 13.0. The SMILES string of the molecule is O=C(Cc1cccnc1)N1CCN(C(=O)c2cccc(OCc3ccccc3)c2)CC1. The van der Waals surface area contributed by atoms with Crippen LogP contribution in [0.1, 0.15) is 21.5 Å². The highest BCUT2D eigenvalue weighted by Gasteiger charge is 2.25. The molecule has 2 amide bonds. The number of piperazine rings is 1. The molecule has 0 saturated carbocycles. The molecule has 0 aliphatic carbocycles. The number of pyridine rings is 1. The molecule has 1 fully saturated rings. The predicted molar refractivity (Wildman–Crippen MR) is 118 cm³/mol. The van der Waals surface area contributed by atoms with E-state index in [2.05, 4.69) is 4.98 Å². The second kappa shape index (κ2) is 9.89. The first-order chi connectivity index (χ1) is 15.2. The van der Waals surface area contributed by atoms with Crippen molar-refractivity contribution < 1.29 is 14.3 Å². The van der Waals surface area contributed by atoms with Gasteiger partial charge in [-0.3, -0.25) is 14.6 Å². The van der Waals surface area contributed by atoms with E-state index in [9.17, 15) is 9.59 Å². The topological polar surface area (TPSA) is 62.7 Å². The van der Waals surface area contributed by atoms with Gasteiger partial charge in [-0.25, -0.2) is 0 Å². The Labute approximate surface area is 182 Å². The lowest BCUT2D eigenvalue weighted by Crippen LogP contribution is -2.51. The lowest BCUT2D eigenvalue weighted by Gasteiger charge is -2.35. The summed E-state index contributed by atoms with van der Waals surface area (Å²) in [6.45, 7) is 2.57. The summed E-state index contributed by atoms with van der Waals surface area (Å²) in [5.41, 5.74) is 2.57. The van der Waals surface area contributed by atoms with Crippen LogP contribution in [0.5, 0.6) is 5.75 Å². The third-order valence-electron chi connectivity index (χ3n) is 5.33. The summed E-state index contributed by atoms with van der Waals surface area (Å²) in [7, 11) is 0. The largest absolute Gasteiger partial charge is 0.489 e. The zero-order valence-corrected chi connectivity index (χ0v) is 17.3. The second-order valence-corrected chi connectivity index (χ2v) is 7.51. The van der Waals surface area contributed by atoms with Crippen molar-refractivity contribution in [2.75, 3.05) is 26.2 Å². The van der Waals surface area contributed by atoms with Crippen molar-refractivity contribution in [1.29, 1.82) is 0 Å². The average molecular weight is 415 g/mol. The molecule has 2 aromatic carbocycles. The Morgan fingerprint density at radius 2 is 1.58 bits per heavy atom. The van der Waals surface area contributed by atoms with Gasteiger partial charge in [-0.15, -0.1) is 0 Å². The number of hydrogen-bond donors (Lipinski definition) is 0. The van der Waals surface area contributed by atoms with Crippen molar-refractivity contribution in [1.82, 2.24) is 14.8 Å². The molecular weight excluding hydrogens is 390 g/mol. The van der Waals surface area contributed by atoms with Gasteiger partial charge in [0.2, 0.25) is 5.91 Å². The van der Waals surface area contributed by atoms with Gasteiger partial charge in [0.1, 0.15) is 12.4 Å². The molecule has 0 spiro atoms. The highest BCUT2D eigenvalue weighted by Crippen LogP contribution is 2.18. The van der Waals surface area contributed by atoms with Crippen molar-refractivity contribution >= 4 is 11.8 Å². The maximum Gasteiger partial charge on any atom is 0.254 e. The first kappa shape index (κ1) is 20.6. The number of rotatable bonds is 6. The van der Waals surface area contributed by atoms with Crippen LogP contribution in [0.3, 0.4) is 0 Å². The van der Waals surface area contributed by atoms with Crippen molar-refractivity contribution in [2.45, 2.75) is 13.0 Å². The molecule has 158 valence electrons. The van der Waals surface area contributed by atoms with Gasteiger partial charge in [-0.1, -0.05) is 42.5 Å². The number of ether oxygens (including phenoxy) is 1. The van der Waals surface area contributed by atoms with Crippen LogP contribution in [0, 0.1) is 0 Å². The van der Waals surface area contributed by atoms with Gasteiger partial charge in [0.05, 0.1) is 6.42 Å². The Hall–Kier alpha value is -3.67. The highest BCUT2D eigenvalue weighted by atomic mass is 16.5. The summed E-state index contributed by atoms with van der Waals surface area (Å²) in [5, 5.41) is 0. The van der Waals surface area contributed by atoms with Gasteiger partial charge < -0.3 is 14.5 Å². The highest BCUT2D eigenvalue weighted by molar-refractivity contribution is 5.94. The molecule has 0 atom stereocenters. The molecule has 2 heterocycles. The van der Waals surface area contributed by atoms with Crippen molar-refractivity contribution in [3.8, 4) is 5.75 Å². The van der Waals surface area contributed by atoms with E-state index in [-0.39, 0.29) is 11.8 Å². The molecule has 0 unspecified atom stereocenters. The Morgan fingerprint density at radius 3 is 2.32 bits per heavy atom. The van der Waals surface area contributed by atoms with Gasteiger partial charge in [-0.05, 0) is 35.4 Å². The molecule has 6 nitrogen and oxygen atoms in total. The van der Waals surface area contributed by atoms with E-state index in [4.69, 9.17) is 4.74 Å². The van der Waals surface area contributed by atoms with E-state index in [0.29, 0.717) is 50.5 Å². The minimum atomic E-state index is -0.0375. The Balaban J connectivity index is 1.30. The maximum absolute atomic E-state index is 13.0. The zero-order chi connectivity index (χ0) is 21.5. The molecule has 1 saturated heterocycles. The van der Waals surface area contributed by atoms with Crippen molar-refractivity contribution in [3.05, 3.63) is 95.8 Å². The number of benzene rings is 2. The minimum Gasteiger partial charge on any atom is -0.489 e. The number of aromatic nitrogens is 1. The number of carbonyl (C=O) groups is 2. The van der Waals surface area contributed by atoms with Crippen molar-refractivity contribution in [3.63, 3.8) is 0 Å². The summed E-state index contributed by atoms with van der Waals surface area (Å²) in [5.74, 6) is 0.695. The molecule has 1 aliphatic heterocycles. The fraction of sp³-hybridized carbons (Fsp3) is 0.240. The minimum absolute atomic E-state index is 0.0375. The molecule has 0 radical (unpaired) electrons. The van der Waals surface area contributed by atoms with Crippen LogP contribution in [-0.2, 0) is 17.8 Å². The zero-order valence-electron chi connectivity index (χ0n) is 17.3. The van der Waals surface area contributed by atoms with Crippen molar-refractivity contribution in [2.24, 2.45) is 0 Å². The number of hydrogen-bond acceptors (Lipinski definition) is 4. The van der Waals surface area contributed by atoms with E-state index in [0.717, 1.165) is 11.1 Å². The Kier molecular flexibility index (Phi) is 6.57. The monoisotopic (exact) mass is 415 g/mol. The van der Waals surface area contributed by atoms with Crippen LogP contribution in [0.15, 0.2) is 79.1 Å². The van der Waals surface area contributed by atoms with Crippen LogP contribution in [0.2, 0.25) is 0 Å². The lowest BCUT2D eigenvalue weighted by molar-refractivity contribution is -0.131. The average Bonchev–Trinajstić information content (AvgIpc) is 2.84. The Morgan fingerprint density at radius 1 is 0.839 bits per heavy atom. The molecule has 1 aliphatic rings. The van der Waals surface area contributed by atoms with E-state index < -0.39 is 0 Å². The first-order valence-corrected chi connectivity index (χ1v) is 10.4. The molecule has 1 aromatic heterocycles. The summed E-state index contributed by atoms with van der Waals surface area (Å²) in [4.78, 5) is 33.1. The molecule has 3 aromatic rings. The van der Waals surface area contributed by atoms with Gasteiger partial charge in [0.15, 0.2) is 0 Å². The normalized spacial score (nSPS) is 13.7. The van der Waals surface area contributed by atoms with Crippen LogP contribution in [-0.4, -0.2) is 52.8 Å². The number of carbonyl (C=O) groups excluding carboxylic acids is 2. The fourth-order valence-electron chi connectivity index (χ4n) is 3.59. The molecular formula is C25H25N3O3. The lowest BCUT2D eigenvalue weighted by atomic mass is 10.1. The summed E-state index contributed by atoms with van der Waals surface area (Å²) >= 11 is 0. The quantitative estimate of drug-likeness (QED) is 0.620.